The normalized spacial score (nSPS) is 21.4. The largest absolute Gasteiger partial charge is 0.381 e. The van der Waals surface area contributed by atoms with E-state index in [9.17, 15) is 0 Å². The summed E-state index contributed by atoms with van der Waals surface area (Å²) in [5, 5.41) is 3.40. The molecular formula is C11H15N5. The van der Waals surface area contributed by atoms with Crippen LogP contribution in [0.25, 0.3) is 5.65 Å². The van der Waals surface area contributed by atoms with Crippen molar-refractivity contribution in [3.05, 3.63) is 24.3 Å². The molecule has 16 heavy (non-hydrogen) atoms. The minimum Gasteiger partial charge on any atom is -0.381 e. The van der Waals surface area contributed by atoms with Crippen molar-refractivity contribution in [1.29, 1.82) is 0 Å². The van der Waals surface area contributed by atoms with Gasteiger partial charge >= 0.3 is 0 Å². The Bertz CT molecular complexity index is 498. The summed E-state index contributed by atoms with van der Waals surface area (Å²) in [6.07, 6.45) is 8.06. The monoisotopic (exact) mass is 217 g/mol. The number of imidazole rings is 1. The van der Waals surface area contributed by atoms with Gasteiger partial charge in [0.05, 0.1) is 5.69 Å². The first kappa shape index (κ1) is 9.59. The Balaban J connectivity index is 2.01. The number of piperidine rings is 1. The predicted molar refractivity (Wildman–Crippen MR) is 62.2 cm³/mol. The minimum atomic E-state index is 0.498. The number of rotatable bonds is 1. The number of fused-ring (bicyclic) bond motifs is 1. The highest BCUT2D eigenvalue weighted by molar-refractivity contribution is 5.59. The molecule has 0 aliphatic carbocycles. The van der Waals surface area contributed by atoms with Crippen molar-refractivity contribution in [2.75, 3.05) is 18.8 Å². The Morgan fingerprint density at radius 1 is 1.50 bits per heavy atom. The lowest BCUT2D eigenvalue weighted by atomic mass is 9.97. The molecule has 3 N–H and O–H groups in total. The lowest BCUT2D eigenvalue weighted by Gasteiger charge is -2.20. The quantitative estimate of drug-likeness (QED) is 0.740. The molecule has 84 valence electrons. The molecule has 0 saturated carbocycles. The number of aromatic nitrogens is 3. The molecule has 1 aliphatic rings. The molecule has 1 fully saturated rings. The van der Waals surface area contributed by atoms with Crippen molar-refractivity contribution in [3.63, 3.8) is 0 Å². The molecule has 2 aromatic rings. The number of nitrogen functional groups attached to an aromatic ring is 1. The summed E-state index contributed by atoms with van der Waals surface area (Å²) in [6, 6.07) is 0. The molecule has 0 aromatic carbocycles. The van der Waals surface area contributed by atoms with Gasteiger partial charge in [0.2, 0.25) is 0 Å². The van der Waals surface area contributed by atoms with Gasteiger partial charge in [-0.15, -0.1) is 0 Å². The van der Waals surface area contributed by atoms with Gasteiger partial charge in [-0.3, -0.25) is 0 Å². The molecule has 0 amide bonds. The van der Waals surface area contributed by atoms with Crippen molar-refractivity contribution in [3.8, 4) is 0 Å². The molecule has 2 aromatic heterocycles. The zero-order valence-corrected chi connectivity index (χ0v) is 9.06. The standard InChI is InChI=1S/C11H15N5/c12-10-11-15-9(7-16(11)5-4-14-10)8-2-1-3-13-6-8/h4-5,7-8,13H,1-3,6H2,(H2,12,14). The highest BCUT2D eigenvalue weighted by Gasteiger charge is 2.18. The second-order valence-corrected chi connectivity index (χ2v) is 4.25. The topological polar surface area (TPSA) is 68.2 Å². The predicted octanol–water partition coefficient (Wildman–Crippen LogP) is 0.778. The van der Waals surface area contributed by atoms with Gasteiger partial charge in [-0.2, -0.15) is 0 Å². The van der Waals surface area contributed by atoms with Crippen molar-refractivity contribution in [2.45, 2.75) is 18.8 Å². The maximum atomic E-state index is 5.79. The smallest absolute Gasteiger partial charge is 0.180 e. The average molecular weight is 217 g/mol. The number of nitrogens with two attached hydrogens (primary N) is 1. The third-order valence-corrected chi connectivity index (χ3v) is 3.14. The van der Waals surface area contributed by atoms with E-state index >= 15 is 0 Å². The molecule has 5 heteroatoms. The first-order valence-corrected chi connectivity index (χ1v) is 5.64. The second kappa shape index (κ2) is 3.75. The van der Waals surface area contributed by atoms with Crippen LogP contribution >= 0.6 is 0 Å². The van der Waals surface area contributed by atoms with E-state index in [4.69, 9.17) is 5.73 Å². The molecule has 1 saturated heterocycles. The SMILES string of the molecule is Nc1nccn2cc(C3CCCNC3)nc12. The average Bonchev–Trinajstić information content (AvgIpc) is 2.76. The summed E-state index contributed by atoms with van der Waals surface area (Å²) in [6.45, 7) is 2.13. The molecule has 5 nitrogen and oxygen atoms in total. The fourth-order valence-corrected chi connectivity index (χ4v) is 2.26. The van der Waals surface area contributed by atoms with Crippen LogP contribution in [0.4, 0.5) is 5.82 Å². The van der Waals surface area contributed by atoms with Gasteiger partial charge in [-0.25, -0.2) is 9.97 Å². The zero-order chi connectivity index (χ0) is 11.0. The Labute approximate surface area is 93.7 Å². The van der Waals surface area contributed by atoms with E-state index in [0.29, 0.717) is 11.7 Å². The van der Waals surface area contributed by atoms with Crippen LogP contribution in [0.2, 0.25) is 0 Å². The summed E-state index contributed by atoms with van der Waals surface area (Å²) in [5.74, 6) is 1.01. The maximum absolute atomic E-state index is 5.79. The van der Waals surface area contributed by atoms with Crippen molar-refractivity contribution < 1.29 is 0 Å². The van der Waals surface area contributed by atoms with Gasteiger partial charge in [-0.05, 0) is 19.4 Å². The third kappa shape index (κ3) is 1.53. The number of hydrogen-bond donors (Lipinski definition) is 2. The van der Waals surface area contributed by atoms with Crippen LogP contribution in [0.3, 0.4) is 0 Å². The van der Waals surface area contributed by atoms with Gasteiger partial charge < -0.3 is 15.5 Å². The van der Waals surface area contributed by atoms with Crippen LogP contribution in [0.1, 0.15) is 24.5 Å². The van der Waals surface area contributed by atoms with E-state index in [1.165, 1.54) is 12.8 Å². The van der Waals surface area contributed by atoms with Gasteiger partial charge in [-0.1, -0.05) is 0 Å². The summed E-state index contributed by atoms with van der Waals surface area (Å²) in [5.41, 5.74) is 7.67. The van der Waals surface area contributed by atoms with Crippen LogP contribution < -0.4 is 11.1 Å². The number of nitrogens with one attached hydrogen (secondary N) is 1. The molecule has 0 radical (unpaired) electrons. The highest BCUT2D eigenvalue weighted by Crippen LogP contribution is 2.23. The zero-order valence-electron chi connectivity index (χ0n) is 9.06. The number of hydrogen-bond acceptors (Lipinski definition) is 4. The maximum Gasteiger partial charge on any atom is 0.180 e. The lowest BCUT2D eigenvalue weighted by molar-refractivity contribution is 0.456. The van der Waals surface area contributed by atoms with Gasteiger partial charge in [0.15, 0.2) is 11.5 Å². The Morgan fingerprint density at radius 2 is 2.44 bits per heavy atom. The molecule has 0 bridgehead atoms. The number of nitrogens with zero attached hydrogens (tertiary/aromatic N) is 3. The van der Waals surface area contributed by atoms with Crippen molar-refractivity contribution in [2.24, 2.45) is 0 Å². The van der Waals surface area contributed by atoms with Gasteiger partial charge in [0, 0.05) is 31.1 Å². The molecular weight excluding hydrogens is 202 g/mol. The first-order chi connectivity index (χ1) is 7.84. The fourth-order valence-electron chi connectivity index (χ4n) is 2.26. The molecule has 3 heterocycles. The molecule has 1 atom stereocenters. The Morgan fingerprint density at radius 3 is 3.19 bits per heavy atom. The summed E-state index contributed by atoms with van der Waals surface area (Å²) in [7, 11) is 0. The van der Waals surface area contributed by atoms with E-state index in [2.05, 4.69) is 21.5 Å². The van der Waals surface area contributed by atoms with Gasteiger partial charge in [0.25, 0.3) is 0 Å². The fraction of sp³-hybridized carbons (Fsp3) is 0.455. The van der Waals surface area contributed by atoms with Crippen LogP contribution in [0.5, 0.6) is 0 Å². The van der Waals surface area contributed by atoms with E-state index in [1.54, 1.807) is 6.20 Å². The van der Waals surface area contributed by atoms with Crippen LogP contribution in [-0.2, 0) is 0 Å². The summed E-state index contributed by atoms with van der Waals surface area (Å²) >= 11 is 0. The molecule has 1 unspecified atom stereocenters. The first-order valence-electron chi connectivity index (χ1n) is 5.64. The Kier molecular flexibility index (Phi) is 2.25. The Hall–Kier alpha value is -1.62. The highest BCUT2D eigenvalue weighted by atomic mass is 15.1. The summed E-state index contributed by atoms with van der Waals surface area (Å²) in [4.78, 5) is 8.62. The van der Waals surface area contributed by atoms with E-state index in [0.717, 1.165) is 24.4 Å². The lowest BCUT2D eigenvalue weighted by Crippen LogP contribution is -2.28. The van der Waals surface area contributed by atoms with E-state index in [-0.39, 0.29) is 0 Å². The van der Waals surface area contributed by atoms with E-state index in [1.807, 2.05) is 10.6 Å². The van der Waals surface area contributed by atoms with Crippen LogP contribution in [0, 0.1) is 0 Å². The molecule has 0 spiro atoms. The number of anilines is 1. The van der Waals surface area contributed by atoms with Crippen LogP contribution in [-0.4, -0.2) is 27.5 Å². The van der Waals surface area contributed by atoms with Gasteiger partial charge in [0.1, 0.15) is 0 Å². The second-order valence-electron chi connectivity index (χ2n) is 4.25. The van der Waals surface area contributed by atoms with Crippen molar-refractivity contribution >= 4 is 11.5 Å². The molecule has 1 aliphatic heterocycles. The van der Waals surface area contributed by atoms with Crippen molar-refractivity contribution in [1.82, 2.24) is 19.7 Å². The van der Waals surface area contributed by atoms with Crippen LogP contribution in [0.15, 0.2) is 18.6 Å². The summed E-state index contributed by atoms with van der Waals surface area (Å²) < 4.78 is 1.95. The van der Waals surface area contributed by atoms with E-state index < -0.39 is 0 Å². The molecule has 3 rings (SSSR count). The minimum absolute atomic E-state index is 0.498. The third-order valence-electron chi connectivity index (χ3n) is 3.14.